The average Bonchev–Trinajstić information content (AvgIpc) is 2.90. The fourth-order valence-corrected chi connectivity index (χ4v) is 3.48. The third kappa shape index (κ3) is 3.29. The Labute approximate surface area is 144 Å². The Hall–Kier alpha value is -2.63. The van der Waals surface area contributed by atoms with Crippen LogP contribution in [0.4, 0.5) is 4.39 Å². The van der Waals surface area contributed by atoms with Gasteiger partial charge in [-0.05, 0) is 42.9 Å². The van der Waals surface area contributed by atoms with Gasteiger partial charge in [0.1, 0.15) is 18.0 Å². The Morgan fingerprint density at radius 3 is 2.88 bits per heavy atom. The molecule has 1 aromatic carbocycles. The summed E-state index contributed by atoms with van der Waals surface area (Å²) in [4.78, 5) is 23.7. The van der Waals surface area contributed by atoms with Crippen molar-refractivity contribution in [2.45, 2.75) is 39.2 Å². The molecule has 0 aliphatic heterocycles. The van der Waals surface area contributed by atoms with E-state index in [0.717, 1.165) is 12.0 Å². The molecule has 3 rings (SSSR count). The molecule has 2 aromatic rings. The van der Waals surface area contributed by atoms with Gasteiger partial charge < -0.3 is 14.8 Å². The van der Waals surface area contributed by atoms with Gasteiger partial charge in [0, 0.05) is 5.56 Å². The fraction of sp³-hybridized carbons (Fsp3) is 0.368. The van der Waals surface area contributed by atoms with E-state index in [2.05, 4.69) is 5.32 Å². The molecular weight excluding hydrogens is 325 g/mol. The average molecular weight is 345 g/mol. The number of carboxylic acids is 1. The van der Waals surface area contributed by atoms with Crippen LogP contribution >= 0.6 is 0 Å². The molecule has 5 nitrogen and oxygen atoms in total. The van der Waals surface area contributed by atoms with Crippen LogP contribution in [0.15, 0.2) is 28.9 Å². The van der Waals surface area contributed by atoms with E-state index in [9.17, 15) is 14.0 Å². The second kappa shape index (κ2) is 6.70. The zero-order valence-electron chi connectivity index (χ0n) is 14.1. The summed E-state index contributed by atoms with van der Waals surface area (Å²) in [6, 6.07) is 4.58. The van der Waals surface area contributed by atoms with Crippen molar-refractivity contribution in [3.05, 3.63) is 58.3 Å². The number of halogens is 1. The lowest BCUT2D eigenvalue weighted by Gasteiger charge is -2.32. The first kappa shape index (κ1) is 17.2. The second-order valence-corrected chi connectivity index (χ2v) is 6.56. The first-order valence-corrected chi connectivity index (χ1v) is 8.25. The number of carboxylic acid groups (broad SMARTS) is 1. The maximum absolute atomic E-state index is 14.1. The molecular formula is C19H20FNO4. The van der Waals surface area contributed by atoms with Gasteiger partial charge in [-0.3, -0.25) is 9.59 Å². The number of furan rings is 1. The van der Waals surface area contributed by atoms with E-state index in [0.29, 0.717) is 17.5 Å². The molecule has 132 valence electrons. The first-order valence-electron chi connectivity index (χ1n) is 8.25. The van der Waals surface area contributed by atoms with Gasteiger partial charge in [-0.2, -0.15) is 0 Å². The molecule has 2 atom stereocenters. The Morgan fingerprint density at radius 1 is 1.40 bits per heavy atom. The van der Waals surface area contributed by atoms with Gasteiger partial charge in [0.2, 0.25) is 0 Å². The SMILES string of the molecule is Cc1coc(CC(=O)O)c1C(=O)NC1c2cccc(F)c2CCC1C. The molecule has 1 amide bonds. The van der Waals surface area contributed by atoms with E-state index < -0.39 is 11.9 Å². The van der Waals surface area contributed by atoms with Gasteiger partial charge in [0.05, 0.1) is 17.9 Å². The maximum Gasteiger partial charge on any atom is 0.311 e. The van der Waals surface area contributed by atoms with Crippen molar-refractivity contribution in [3.8, 4) is 0 Å². The summed E-state index contributed by atoms with van der Waals surface area (Å²) in [5.74, 6) is -1.44. The Balaban J connectivity index is 1.91. The molecule has 0 saturated heterocycles. The highest BCUT2D eigenvalue weighted by Crippen LogP contribution is 2.35. The molecule has 1 aliphatic rings. The summed E-state index contributed by atoms with van der Waals surface area (Å²) in [7, 11) is 0. The van der Waals surface area contributed by atoms with E-state index in [1.165, 1.54) is 12.3 Å². The summed E-state index contributed by atoms with van der Waals surface area (Å²) in [6.07, 6.45) is 2.43. The van der Waals surface area contributed by atoms with E-state index in [1.54, 1.807) is 13.0 Å². The van der Waals surface area contributed by atoms with E-state index in [-0.39, 0.29) is 35.5 Å². The lowest BCUT2D eigenvalue weighted by molar-refractivity contribution is -0.136. The molecule has 1 heterocycles. The van der Waals surface area contributed by atoms with Crippen LogP contribution in [-0.4, -0.2) is 17.0 Å². The van der Waals surface area contributed by atoms with Crippen LogP contribution < -0.4 is 5.32 Å². The largest absolute Gasteiger partial charge is 0.481 e. The predicted octanol–water partition coefficient (Wildman–Crippen LogP) is 3.41. The third-order valence-electron chi connectivity index (χ3n) is 4.79. The number of benzene rings is 1. The number of carbonyl (C=O) groups is 2. The van der Waals surface area contributed by atoms with E-state index in [1.807, 2.05) is 13.0 Å². The highest BCUT2D eigenvalue weighted by atomic mass is 19.1. The highest BCUT2D eigenvalue weighted by molar-refractivity contribution is 5.97. The number of hydrogen-bond acceptors (Lipinski definition) is 3. The smallest absolute Gasteiger partial charge is 0.311 e. The van der Waals surface area contributed by atoms with Crippen LogP contribution in [0.2, 0.25) is 0 Å². The van der Waals surface area contributed by atoms with Gasteiger partial charge in [0.15, 0.2) is 0 Å². The van der Waals surface area contributed by atoms with Crippen molar-refractivity contribution in [3.63, 3.8) is 0 Å². The van der Waals surface area contributed by atoms with Gasteiger partial charge >= 0.3 is 5.97 Å². The van der Waals surface area contributed by atoms with Crippen molar-refractivity contribution in [1.82, 2.24) is 5.32 Å². The molecule has 0 bridgehead atoms. The number of aryl methyl sites for hydroxylation is 1. The van der Waals surface area contributed by atoms with Crippen LogP contribution in [0.5, 0.6) is 0 Å². The molecule has 2 unspecified atom stereocenters. The molecule has 6 heteroatoms. The van der Waals surface area contributed by atoms with Gasteiger partial charge in [-0.15, -0.1) is 0 Å². The van der Waals surface area contributed by atoms with E-state index in [4.69, 9.17) is 9.52 Å². The van der Waals surface area contributed by atoms with Crippen molar-refractivity contribution in [2.24, 2.45) is 5.92 Å². The molecule has 0 fully saturated rings. The minimum atomic E-state index is -1.07. The van der Waals surface area contributed by atoms with Gasteiger partial charge in [-0.1, -0.05) is 19.1 Å². The standard InChI is InChI=1S/C19H20FNO4/c1-10-6-7-12-13(4-3-5-14(12)20)18(10)21-19(24)17-11(2)9-25-15(17)8-16(22)23/h3-5,9-10,18H,6-8H2,1-2H3,(H,21,24)(H,22,23). The van der Waals surface area contributed by atoms with Crippen molar-refractivity contribution >= 4 is 11.9 Å². The number of rotatable bonds is 4. The number of nitrogens with one attached hydrogen (secondary N) is 1. The third-order valence-corrected chi connectivity index (χ3v) is 4.79. The lowest BCUT2D eigenvalue weighted by Crippen LogP contribution is -2.36. The number of carbonyl (C=O) groups excluding carboxylic acids is 1. The number of hydrogen-bond donors (Lipinski definition) is 2. The minimum absolute atomic E-state index is 0.130. The zero-order chi connectivity index (χ0) is 18.1. The Kier molecular flexibility index (Phi) is 4.61. The van der Waals surface area contributed by atoms with Gasteiger partial charge in [-0.25, -0.2) is 4.39 Å². The van der Waals surface area contributed by atoms with Crippen molar-refractivity contribution in [1.29, 1.82) is 0 Å². The summed E-state index contributed by atoms with van der Waals surface area (Å²) < 4.78 is 19.3. The lowest BCUT2D eigenvalue weighted by atomic mass is 9.80. The fourth-order valence-electron chi connectivity index (χ4n) is 3.48. The molecule has 2 N–H and O–H groups in total. The summed E-state index contributed by atoms with van der Waals surface area (Å²) in [6.45, 7) is 3.71. The topological polar surface area (TPSA) is 79.5 Å². The summed E-state index contributed by atoms with van der Waals surface area (Å²) >= 11 is 0. The van der Waals surface area contributed by atoms with Crippen LogP contribution in [0, 0.1) is 18.7 Å². The normalized spacial score (nSPS) is 19.3. The molecule has 1 aliphatic carbocycles. The summed E-state index contributed by atoms with van der Waals surface area (Å²) in [5, 5.41) is 11.9. The predicted molar refractivity (Wildman–Crippen MR) is 88.9 cm³/mol. The Bertz CT molecular complexity index is 827. The maximum atomic E-state index is 14.1. The first-order chi connectivity index (χ1) is 11.9. The van der Waals surface area contributed by atoms with Crippen LogP contribution in [-0.2, 0) is 17.6 Å². The highest BCUT2D eigenvalue weighted by Gasteiger charge is 2.31. The quantitative estimate of drug-likeness (QED) is 0.890. The van der Waals surface area contributed by atoms with Crippen molar-refractivity contribution < 1.29 is 23.5 Å². The molecule has 0 spiro atoms. The van der Waals surface area contributed by atoms with E-state index >= 15 is 0 Å². The number of aliphatic carboxylic acids is 1. The van der Waals surface area contributed by atoms with Crippen molar-refractivity contribution in [2.75, 3.05) is 0 Å². The molecule has 1 aromatic heterocycles. The molecule has 0 radical (unpaired) electrons. The number of fused-ring (bicyclic) bond motifs is 1. The summed E-state index contributed by atoms with van der Waals surface area (Å²) in [5.41, 5.74) is 2.25. The van der Waals surface area contributed by atoms with Crippen LogP contribution in [0.3, 0.4) is 0 Å². The minimum Gasteiger partial charge on any atom is -0.481 e. The molecule has 25 heavy (non-hydrogen) atoms. The monoisotopic (exact) mass is 345 g/mol. The van der Waals surface area contributed by atoms with Crippen LogP contribution in [0.25, 0.3) is 0 Å². The van der Waals surface area contributed by atoms with Gasteiger partial charge in [0.25, 0.3) is 5.91 Å². The van der Waals surface area contributed by atoms with Crippen LogP contribution in [0.1, 0.15) is 52.2 Å². The second-order valence-electron chi connectivity index (χ2n) is 6.56. The molecule has 0 saturated carbocycles. The number of amides is 1. The zero-order valence-corrected chi connectivity index (χ0v) is 14.1. The Morgan fingerprint density at radius 2 is 2.16 bits per heavy atom.